The fraction of sp³-hybridized carbons (Fsp3) is 0.618. The molecule has 0 bridgehead atoms. The van der Waals surface area contributed by atoms with Gasteiger partial charge >= 0.3 is 12.1 Å². The molecule has 11 nitrogen and oxygen atoms in total. The van der Waals surface area contributed by atoms with E-state index in [-0.39, 0.29) is 45.7 Å². The second kappa shape index (κ2) is 18.9. The molecule has 1 aromatic carbocycles. The van der Waals surface area contributed by atoms with Gasteiger partial charge in [0.2, 0.25) is 0 Å². The fourth-order valence-corrected chi connectivity index (χ4v) is 5.79. The summed E-state index contributed by atoms with van der Waals surface area (Å²) in [5.41, 5.74) is -0.509. The Labute approximate surface area is 288 Å². The zero-order chi connectivity index (χ0) is 34.4. The van der Waals surface area contributed by atoms with Crippen molar-refractivity contribution in [3.05, 3.63) is 45.7 Å². The van der Waals surface area contributed by atoms with E-state index in [1.165, 1.54) is 61.5 Å². The van der Waals surface area contributed by atoms with Crippen LogP contribution in [0, 0.1) is 0 Å². The smallest absolute Gasteiger partial charge is 0.410 e. The highest BCUT2D eigenvalue weighted by Gasteiger charge is 2.29. The molecule has 1 fully saturated rings. The molecule has 1 aliphatic heterocycles. The van der Waals surface area contributed by atoms with E-state index in [0.717, 1.165) is 19.3 Å². The van der Waals surface area contributed by atoms with Gasteiger partial charge < -0.3 is 25.0 Å². The third-order valence-corrected chi connectivity index (χ3v) is 8.37. The number of hydrogen-bond acceptors (Lipinski definition) is 7. The Bertz CT molecular complexity index is 1330. The number of ether oxygens (including phenoxy) is 2. The van der Waals surface area contributed by atoms with Crippen molar-refractivity contribution in [1.82, 2.24) is 20.0 Å². The van der Waals surface area contributed by atoms with Crippen molar-refractivity contribution in [3.8, 4) is 0 Å². The number of anilines is 1. The number of rotatable bonds is 16. The third-order valence-electron chi connectivity index (χ3n) is 7.74. The van der Waals surface area contributed by atoms with Crippen LogP contribution in [0.5, 0.6) is 0 Å². The maximum Gasteiger partial charge on any atom is 0.410 e. The third kappa shape index (κ3) is 13.0. The van der Waals surface area contributed by atoms with E-state index >= 15 is 0 Å². The highest BCUT2D eigenvalue weighted by molar-refractivity contribution is 6.40. The number of nitrogens with one attached hydrogen (secondary N) is 2. The summed E-state index contributed by atoms with van der Waals surface area (Å²) in [7, 11) is 0. The minimum absolute atomic E-state index is 0.0526. The Morgan fingerprint density at radius 2 is 1.51 bits per heavy atom. The van der Waals surface area contributed by atoms with Crippen LogP contribution in [0.2, 0.25) is 10.0 Å². The maximum atomic E-state index is 13.4. The molecule has 1 aliphatic rings. The molecule has 260 valence electrons. The van der Waals surface area contributed by atoms with Crippen LogP contribution in [0.1, 0.15) is 126 Å². The monoisotopic (exact) mass is 693 g/mol. The van der Waals surface area contributed by atoms with Crippen LogP contribution in [0.3, 0.4) is 0 Å². The van der Waals surface area contributed by atoms with Gasteiger partial charge in [0.05, 0.1) is 27.5 Å². The molecule has 1 aromatic heterocycles. The molecule has 2 heterocycles. The molecule has 0 spiro atoms. The molecule has 3 rings (SSSR count). The lowest BCUT2D eigenvalue weighted by atomic mass is 10.1. The highest BCUT2D eigenvalue weighted by Crippen LogP contribution is 2.26. The van der Waals surface area contributed by atoms with Crippen LogP contribution >= 0.6 is 23.2 Å². The number of amides is 3. The van der Waals surface area contributed by atoms with Crippen molar-refractivity contribution in [2.45, 2.75) is 123 Å². The Balaban J connectivity index is 1.59. The Hall–Kier alpha value is -3.31. The number of aromatic nitrogens is 2. The topological polar surface area (TPSA) is 132 Å². The molecule has 3 amide bonds. The number of carbonyl (C=O) groups excluding carboxylic acids is 4. The summed E-state index contributed by atoms with van der Waals surface area (Å²) < 4.78 is 12.2. The van der Waals surface area contributed by atoms with Gasteiger partial charge in [0.15, 0.2) is 12.4 Å². The first-order chi connectivity index (χ1) is 22.4. The largest absolute Gasteiger partial charge is 0.444 e. The van der Waals surface area contributed by atoms with E-state index in [2.05, 4.69) is 22.7 Å². The van der Waals surface area contributed by atoms with Gasteiger partial charge in [-0.15, -0.1) is 0 Å². The Morgan fingerprint density at radius 1 is 0.915 bits per heavy atom. The maximum absolute atomic E-state index is 13.4. The second-order valence-corrected chi connectivity index (χ2v) is 13.7. The standard InChI is InChI=1S/C34H49Cl2N5O6/c1-5-6-7-8-9-10-11-12-13-17-28(42)46-23-41-22-27(38-31(43)29-25(35)15-14-16-26(29)36)30(39-41)32(44)37-24-18-20-40(21-19-24)33(45)47-34(2,3)4/h14-16,22,24H,5-13,17-21,23H2,1-4H3,(H,37,44)(H,38,43). The number of nitrogens with zero attached hydrogens (tertiary/aromatic N) is 3. The lowest BCUT2D eigenvalue weighted by Crippen LogP contribution is -2.48. The summed E-state index contributed by atoms with van der Waals surface area (Å²) in [6.45, 7) is 8.24. The number of halogens is 2. The predicted octanol–water partition coefficient (Wildman–Crippen LogP) is 7.99. The number of carbonyl (C=O) groups is 4. The van der Waals surface area contributed by atoms with Crippen molar-refractivity contribution in [2.24, 2.45) is 0 Å². The van der Waals surface area contributed by atoms with Crippen LogP contribution < -0.4 is 10.6 Å². The van der Waals surface area contributed by atoms with Gasteiger partial charge in [-0.1, -0.05) is 87.6 Å². The van der Waals surface area contributed by atoms with Crippen LogP contribution in [0.15, 0.2) is 24.4 Å². The molecule has 1 saturated heterocycles. The molecule has 0 aliphatic carbocycles. The summed E-state index contributed by atoms with van der Waals surface area (Å²) in [5.74, 6) is -1.51. The number of unbranched alkanes of at least 4 members (excludes halogenated alkanes) is 8. The summed E-state index contributed by atoms with van der Waals surface area (Å²) >= 11 is 12.5. The average molecular weight is 695 g/mol. The quantitative estimate of drug-likeness (QED) is 0.135. The zero-order valence-corrected chi connectivity index (χ0v) is 29.6. The predicted molar refractivity (Wildman–Crippen MR) is 183 cm³/mol. The van der Waals surface area contributed by atoms with Gasteiger partial charge in [-0.05, 0) is 52.2 Å². The first-order valence-corrected chi connectivity index (χ1v) is 17.4. The van der Waals surface area contributed by atoms with Crippen molar-refractivity contribution < 1.29 is 28.7 Å². The first kappa shape index (κ1) is 38.1. The molecular formula is C34H49Cl2N5O6. The lowest BCUT2D eigenvalue weighted by Gasteiger charge is -2.33. The van der Waals surface area contributed by atoms with Gasteiger partial charge in [-0.25, -0.2) is 9.48 Å². The zero-order valence-electron chi connectivity index (χ0n) is 28.0. The summed E-state index contributed by atoms with van der Waals surface area (Å²) in [4.78, 5) is 53.1. The minimum Gasteiger partial charge on any atom is -0.444 e. The van der Waals surface area contributed by atoms with E-state index in [4.69, 9.17) is 32.7 Å². The van der Waals surface area contributed by atoms with Gasteiger partial charge in [0.1, 0.15) is 5.60 Å². The molecule has 0 unspecified atom stereocenters. The van der Waals surface area contributed by atoms with Crippen LogP contribution in [0.4, 0.5) is 10.5 Å². The molecule has 47 heavy (non-hydrogen) atoms. The molecule has 0 saturated carbocycles. The van der Waals surface area contributed by atoms with Crippen LogP contribution in [0.25, 0.3) is 0 Å². The summed E-state index contributed by atoms with van der Waals surface area (Å²) in [5, 5.41) is 10.3. The SMILES string of the molecule is CCCCCCCCCCCC(=O)OCn1cc(NC(=O)c2c(Cl)cccc2Cl)c(C(=O)NC2CCN(C(=O)OC(C)(C)C)CC2)n1. The molecule has 2 N–H and O–H groups in total. The van der Waals surface area contributed by atoms with E-state index in [9.17, 15) is 19.2 Å². The normalized spacial score (nSPS) is 13.7. The van der Waals surface area contributed by atoms with Gasteiger partial charge in [-0.2, -0.15) is 5.10 Å². The lowest BCUT2D eigenvalue weighted by molar-refractivity contribution is -0.148. The number of esters is 1. The van der Waals surface area contributed by atoms with Crippen molar-refractivity contribution in [3.63, 3.8) is 0 Å². The van der Waals surface area contributed by atoms with Crippen molar-refractivity contribution in [1.29, 1.82) is 0 Å². The van der Waals surface area contributed by atoms with Gasteiger partial charge in [0, 0.05) is 25.6 Å². The molecule has 0 atom stereocenters. The highest BCUT2D eigenvalue weighted by atomic mass is 35.5. The van der Waals surface area contributed by atoms with Crippen LogP contribution in [-0.4, -0.2) is 63.3 Å². The van der Waals surface area contributed by atoms with Gasteiger partial charge in [-0.3, -0.25) is 14.4 Å². The molecular weight excluding hydrogens is 645 g/mol. The fourth-order valence-electron chi connectivity index (χ4n) is 5.22. The number of benzene rings is 1. The van der Waals surface area contributed by atoms with Crippen LogP contribution in [-0.2, 0) is 21.0 Å². The Kier molecular flexibility index (Phi) is 15.3. The molecule has 2 aromatic rings. The molecule has 13 heteroatoms. The van der Waals surface area contributed by atoms with Crippen molar-refractivity contribution >= 4 is 52.8 Å². The minimum atomic E-state index is -0.623. The van der Waals surface area contributed by atoms with E-state index in [0.29, 0.717) is 32.4 Å². The first-order valence-electron chi connectivity index (χ1n) is 16.6. The van der Waals surface area contributed by atoms with Gasteiger partial charge in [0.25, 0.3) is 11.8 Å². The van der Waals surface area contributed by atoms with E-state index in [1.54, 1.807) is 11.0 Å². The number of likely N-dealkylation sites (tertiary alicyclic amines) is 1. The average Bonchev–Trinajstić information content (AvgIpc) is 3.41. The second-order valence-electron chi connectivity index (χ2n) is 12.9. The number of piperidine rings is 1. The molecule has 0 radical (unpaired) electrons. The Morgan fingerprint density at radius 3 is 2.11 bits per heavy atom. The van der Waals surface area contributed by atoms with E-state index < -0.39 is 23.5 Å². The number of hydrogen-bond donors (Lipinski definition) is 2. The van der Waals surface area contributed by atoms with E-state index in [1.807, 2.05) is 20.8 Å². The van der Waals surface area contributed by atoms with Crippen molar-refractivity contribution in [2.75, 3.05) is 18.4 Å². The summed E-state index contributed by atoms with van der Waals surface area (Å²) in [6.07, 6.45) is 12.6. The summed E-state index contributed by atoms with van der Waals surface area (Å²) in [6, 6.07) is 4.46.